The molecule has 5 nitrogen and oxygen atoms in total. The van der Waals surface area contributed by atoms with Gasteiger partial charge in [0.2, 0.25) is 0 Å². The standard InChI is InChI=1S/C18H23NO4S/c1-3-4-5-6-17(18-11-16(20)13(2)12-24-18)23-15-9-7-14(8-10-15)19(21)22/h7-11,13,17H,3-6,12H2,1-2H3. The van der Waals surface area contributed by atoms with E-state index in [1.54, 1.807) is 30.0 Å². The first kappa shape index (κ1) is 18.5. The maximum absolute atomic E-state index is 12.0. The molecule has 0 N–H and O–H groups in total. The van der Waals surface area contributed by atoms with Gasteiger partial charge in [-0.3, -0.25) is 14.9 Å². The Morgan fingerprint density at radius 3 is 2.62 bits per heavy atom. The topological polar surface area (TPSA) is 69.4 Å². The first-order valence-electron chi connectivity index (χ1n) is 8.30. The molecule has 1 aliphatic heterocycles. The molecule has 0 radical (unpaired) electrons. The van der Waals surface area contributed by atoms with E-state index in [0.29, 0.717) is 5.75 Å². The Morgan fingerprint density at radius 2 is 2.04 bits per heavy atom. The molecule has 1 aromatic rings. The summed E-state index contributed by atoms with van der Waals surface area (Å²) in [5, 5.41) is 10.7. The zero-order valence-electron chi connectivity index (χ0n) is 14.1. The summed E-state index contributed by atoms with van der Waals surface area (Å²) in [5.74, 6) is 1.57. The molecule has 0 amide bonds. The molecule has 0 aromatic heterocycles. The average molecular weight is 349 g/mol. The van der Waals surface area contributed by atoms with Crippen LogP contribution in [0, 0.1) is 16.0 Å². The Kier molecular flexibility index (Phi) is 6.85. The Balaban J connectivity index is 2.12. The van der Waals surface area contributed by atoms with E-state index in [9.17, 15) is 14.9 Å². The molecule has 2 unspecified atom stereocenters. The molecule has 1 aromatic carbocycles. The fourth-order valence-corrected chi connectivity index (χ4v) is 3.62. The number of non-ortho nitro benzene ring substituents is 1. The number of rotatable bonds is 8. The van der Waals surface area contributed by atoms with E-state index >= 15 is 0 Å². The van der Waals surface area contributed by atoms with Crippen molar-refractivity contribution in [3.63, 3.8) is 0 Å². The number of allylic oxidation sites excluding steroid dienone is 1. The van der Waals surface area contributed by atoms with Gasteiger partial charge in [-0.05, 0) is 31.1 Å². The highest BCUT2D eigenvalue weighted by atomic mass is 32.2. The number of ether oxygens (including phenoxy) is 1. The second-order valence-corrected chi connectivity index (χ2v) is 7.11. The van der Waals surface area contributed by atoms with Gasteiger partial charge in [0, 0.05) is 28.7 Å². The van der Waals surface area contributed by atoms with Crippen molar-refractivity contribution in [2.45, 2.75) is 45.6 Å². The molecule has 0 saturated carbocycles. The van der Waals surface area contributed by atoms with Crippen molar-refractivity contribution in [1.29, 1.82) is 0 Å². The lowest BCUT2D eigenvalue weighted by molar-refractivity contribution is -0.384. The minimum atomic E-state index is -0.428. The molecule has 1 heterocycles. The van der Waals surface area contributed by atoms with Gasteiger partial charge in [0.05, 0.1) is 4.92 Å². The van der Waals surface area contributed by atoms with Gasteiger partial charge in [0.15, 0.2) is 5.78 Å². The van der Waals surface area contributed by atoms with Crippen LogP contribution in [-0.2, 0) is 4.79 Å². The Labute approximate surface area is 146 Å². The van der Waals surface area contributed by atoms with Crippen LogP contribution in [0.25, 0.3) is 0 Å². The SMILES string of the molecule is CCCCCC(Oc1ccc([N+](=O)[O-])cc1)C1=CC(=O)C(C)CS1. The minimum absolute atomic E-state index is 0.0418. The van der Waals surface area contributed by atoms with Gasteiger partial charge in [-0.15, -0.1) is 11.8 Å². The van der Waals surface area contributed by atoms with E-state index in [1.807, 2.05) is 6.92 Å². The normalized spacial score (nSPS) is 18.8. The summed E-state index contributed by atoms with van der Waals surface area (Å²) < 4.78 is 6.05. The van der Waals surface area contributed by atoms with Gasteiger partial charge in [-0.25, -0.2) is 0 Å². The van der Waals surface area contributed by atoms with Crippen LogP contribution in [0.1, 0.15) is 39.5 Å². The van der Waals surface area contributed by atoms with E-state index in [0.717, 1.165) is 36.3 Å². The largest absolute Gasteiger partial charge is 0.485 e. The molecule has 2 rings (SSSR count). The van der Waals surface area contributed by atoms with Crippen molar-refractivity contribution in [1.82, 2.24) is 0 Å². The molecule has 24 heavy (non-hydrogen) atoms. The number of unbranched alkanes of at least 4 members (excludes halogenated alkanes) is 2. The summed E-state index contributed by atoms with van der Waals surface area (Å²) in [6.07, 6.45) is 5.64. The summed E-state index contributed by atoms with van der Waals surface area (Å²) in [6, 6.07) is 6.11. The number of carbonyl (C=O) groups is 1. The number of hydrogen-bond donors (Lipinski definition) is 0. The van der Waals surface area contributed by atoms with Crippen molar-refractivity contribution in [2.24, 2.45) is 5.92 Å². The maximum atomic E-state index is 12.0. The lowest BCUT2D eigenvalue weighted by Crippen LogP contribution is -2.24. The third-order valence-corrected chi connectivity index (χ3v) is 5.36. The summed E-state index contributed by atoms with van der Waals surface area (Å²) in [6.45, 7) is 4.08. The Hall–Kier alpha value is -1.82. The van der Waals surface area contributed by atoms with Gasteiger partial charge in [-0.1, -0.05) is 26.7 Å². The number of nitro groups is 1. The zero-order chi connectivity index (χ0) is 17.5. The van der Waals surface area contributed by atoms with Gasteiger partial charge >= 0.3 is 0 Å². The van der Waals surface area contributed by atoms with Crippen LogP contribution in [0.3, 0.4) is 0 Å². The quantitative estimate of drug-likeness (QED) is 0.384. The number of nitrogens with zero attached hydrogens (tertiary/aromatic N) is 1. The van der Waals surface area contributed by atoms with E-state index in [2.05, 4.69) is 6.92 Å². The highest BCUT2D eigenvalue weighted by Gasteiger charge is 2.25. The molecule has 0 aliphatic carbocycles. The van der Waals surface area contributed by atoms with Crippen molar-refractivity contribution >= 4 is 23.2 Å². The third kappa shape index (κ3) is 5.09. The van der Waals surface area contributed by atoms with Crippen molar-refractivity contribution in [3.8, 4) is 5.75 Å². The molecular weight excluding hydrogens is 326 g/mol. The van der Waals surface area contributed by atoms with Crippen LogP contribution < -0.4 is 4.74 Å². The number of nitro benzene ring substituents is 1. The fourth-order valence-electron chi connectivity index (χ4n) is 2.46. The van der Waals surface area contributed by atoms with E-state index in [-0.39, 0.29) is 23.5 Å². The van der Waals surface area contributed by atoms with Gasteiger partial charge in [-0.2, -0.15) is 0 Å². The molecule has 1 aliphatic rings. The average Bonchev–Trinajstić information content (AvgIpc) is 2.57. The molecule has 0 saturated heterocycles. The molecule has 130 valence electrons. The maximum Gasteiger partial charge on any atom is 0.269 e. The molecule has 2 atom stereocenters. The van der Waals surface area contributed by atoms with Crippen LogP contribution >= 0.6 is 11.8 Å². The van der Waals surface area contributed by atoms with Crippen LogP contribution in [0.15, 0.2) is 35.2 Å². The van der Waals surface area contributed by atoms with Gasteiger partial charge < -0.3 is 4.74 Å². The number of thioether (sulfide) groups is 1. The van der Waals surface area contributed by atoms with Crippen molar-refractivity contribution < 1.29 is 14.5 Å². The highest BCUT2D eigenvalue weighted by molar-refractivity contribution is 8.03. The highest BCUT2D eigenvalue weighted by Crippen LogP contribution is 2.33. The summed E-state index contributed by atoms with van der Waals surface area (Å²) >= 11 is 1.68. The molecule has 0 bridgehead atoms. The third-order valence-electron chi connectivity index (χ3n) is 3.98. The second-order valence-electron chi connectivity index (χ2n) is 6.01. The number of carbonyl (C=O) groups excluding carboxylic acids is 1. The smallest absolute Gasteiger partial charge is 0.269 e. The number of ketones is 1. The monoisotopic (exact) mass is 349 g/mol. The van der Waals surface area contributed by atoms with Crippen LogP contribution in [-0.4, -0.2) is 22.6 Å². The van der Waals surface area contributed by atoms with Crippen LogP contribution in [0.5, 0.6) is 5.75 Å². The predicted molar refractivity (Wildman–Crippen MR) is 96.4 cm³/mol. The summed E-state index contributed by atoms with van der Waals surface area (Å²) in [5.41, 5.74) is 0.0418. The van der Waals surface area contributed by atoms with E-state index in [1.165, 1.54) is 12.1 Å². The summed E-state index contributed by atoms with van der Waals surface area (Å²) in [4.78, 5) is 23.3. The Morgan fingerprint density at radius 1 is 1.33 bits per heavy atom. The molecule has 0 spiro atoms. The summed E-state index contributed by atoms with van der Waals surface area (Å²) in [7, 11) is 0. The van der Waals surface area contributed by atoms with Gasteiger partial charge in [0.1, 0.15) is 11.9 Å². The van der Waals surface area contributed by atoms with E-state index < -0.39 is 4.92 Å². The predicted octanol–water partition coefficient (Wildman–Crippen LogP) is 4.76. The van der Waals surface area contributed by atoms with Crippen LogP contribution in [0.2, 0.25) is 0 Å². The molecule has 0 fully saturated rings. The lowest BCUT2D eigenvalue weighted by atomic mass is 10.0. The number of hydrogen-bond acceptors (Lipinski definition) is 5. The Bertz CT molecular complexity index is 612. The zero-order valence-corrected chi connectivity index (χ0v) is 14.9. The first-order valence-corrected chi connectivity index (χ1v) is 9.29. The van der Waals surface area contributed by atoms with Crippen molar-refractivity contribution in [3.05, 3.63) is 45.4 Å². The molecule has 6 heteroatoms. The second kappa shape index (κ2) is 8.87. The first-order chi connectivity index (χ1) is 11.5. The van der Waals surface area contributed by atoms with Gasteiger partial charge in [0.25, 0.3) is 5.69 Å². The lowest BCUT2D eigenvalue weighted by Gasteiger charge is -2.25. The van der Waals surface area contributed by atoms with E-state index in [4.69, 9.17) is 4.74 Å². The minimum Gasteiger partial charge on any atom is -0.485 e. The van der Waals surface area contributed by atoms with Crippen LogP contribution in [0.4, 0.5) is 5.69 Å². The van der Waals surface area contributed by atoms with Crippen molar-refractivity contribution in [2.75, 3.05) is 5.75 Å². The molecular formula is C18H23NO4S. The fraction of sp³-hybridized carbons (Fsp3) is 0.500. The number of benzene rings is 1.